The maximum atomic E-state index is 11.6. The molecular formula is C11H16N4O2. The Balaban J connectivity index is 2.51. The molecule has 0 saturated heterocycles. The summed E-state index contributed by atoms with van der Waals surface area (Å²) in [7, 11) is 0. The maximum absolute atomic E-state index is 11.6. The Morgan fingerprint density at radius 2 is 2.18 bits per heavy atom. The van der Waals surface area contributed by atoms with Crippen LogP contribution in [0.25, 0.3) is 0 Å². The van der Waals surface area contributed by atoms with Gasteiger partial charge in [0.25, 0.3) is 5.91 Å². The molecule has 0 aliphatic heterocycles. The normalized spacial score (nSPS) is 10.1. The van der Waals surface area contributed by atoms with Crippen LogP contribution in [-0.4, -0.2) is 29.4 Å². The van der Waals surface area contributed by atoms with Crippen LogP contribution in [0.15, 0.2) is 18.3 Å². The van der Waals surface area contributed by atoms with Gasteiger partial charge in [0.05, 0.1) is 12.1 Å². The third-order valence-electron chi connectivity index (χ3n) is 1.94. The van der Waals surface area contributed by atoms with Gasteiger partial charge in [-0.05, 0) is 26.0 Å². The number of nitrogens with two attached hydrogens (primary N) is 1. The third-order valence-corrected chi connectivity index (χ3v) is 1.94. The molecule has 0 spiro atoms. The van der Waals surface area contributed by atoms with Crippen LogP contribution in [0.3, 0.4) is 0 Å². The van der Waals surface area contributed by atoms with Gasteiger partial charge in [-0.2, -0.15) is 0 Å². The molecule has 2 amide bonds. The zero-order valence-electron chi connectivity index (χ0n) is 9.86. The van der Waals surface area contributed by atoms with Crippen LogP contribution in [0.5, 0.6) is 0 Å². The molecule has 1 rings (SSSR count). The number of carbonyl (C=O) groups excluding carboxylic acids is 2. The molecule has 6 nitrogen and oxygen atoms in total. The number of pyridine rings is 1. The summed E-state index contributed by atoms with van der Waals surface area (Å²) in [5.41, 5.74) is 5.80. The number of anilines is 1. The monoisotopic (exact) mass is 236 g/mol. The molecule has 1 aromatic heterocycles. The molecule has 0 radical (unpaired) electrons. The van der Waals surface area contributed by atoms with Gasteiger partial charge >= 0.3 is 0 Å². The summed E-state index contributed by atoms with van der Waals surface area (Å²) in [5, 5.41) is 5.14. The van der Waals surface area contributed by atoms with Crippen LogP contribution in [0.2, 0.25) is 0 Å². The molecule has 17 heavy (non-hydrogen) atoms. The first kappa shape index (κ1) is 13.0. The number of nitrogen functional groups attached to an aromatic ring is 1. The van der Waals surface area contributed by atoms with Crippen molar-refractivity contribution >= 4 is 17.6 Å². The number of carbonyl (C=O) groups is 2. The van der Waals surface area contributed by atoms with E-state index in [0.717, 1.165) is 0 Å². The molecule has 0 atom stereocenters. The van der Waals surface area contributed by atoms with Crippen molar-refractivity contribution in [2.24, 2.45) is 0 Å². The summed E-state index contributed by atoms with van der Waals surface area (Å²) in [6.45, 7) is 3.61. The van der Waals surface area contributed by atoms with Gasteiger partial charge in [-0.25, -0.2) is 4.98 Å². The fourth-order valence-corrected chi connectivity index (χ4v) is 1.24. The summed E-state index contributed by atoms with van der Waals surface area (Å²) in [6, 6.07) is 3.21. The Morgan fingerprint density at radius 3 is 2.76 bits per heavy atom. The molecule has 4 N–H and O–H groups in total. The fourth-order valence-electron chi connectivity index (χ4n) is 1.24. The van der Waals surface area contributed by atoms with E-state index < -0.39 is 5.91 Å². The second-order valence-corrected chi connectivity index (χ2v) is 3.84. The zero-order valence-corrected chi connectivity index (χ0v) is 9.86. The van der Waals surface area contributed by atoms with Gasteiger partial charge in [-0.15, -0.1) is 0 Å². The second kappa shape index (κ2) is 5.83. The number of rotatable bonds is 4. The number of hydrogen-bond acceptors (Lipinski definition) is 4. The van der Waals surface area contributed by atoms with Gasteiger partial charge in [0.2, 0.25) is 5.91 Å². The van der Waals surface area contributed by atoms with Crippen molar-refractivity contribution in [1.82, 2.24) is 15.6 Å². The van der Waals surface area contributed by atoms with Gasteiger partial charge in [0.1, 0.15) is 5.82 Å². The average Bonchev–Trinajstić information content (AvgIpc) is 2.25. The minimum absolute atomic E-state index is 0.0443. The molecule has 1 heterocycles. The average molecular weight is 236 g/mol. The molecule has 0 bridgehead atoms. The lowest BCUT2D eigenvalue weighted by molar-refractivity contribution is -0.120. The van der Waals surface area contributed by atoms with Gasteiger partial charge in [0, 0.05) is 12.2 Å². The van der Waals surface area contributed by atoms with E-state index in [-0.39, 0.29) is 29.9 Å². The minimum atomic E-state index is -0.408. The lowest BCUT2D eigenvalue weighted by atomic mass is 10.2. The standard InChI is InChI=1S/C11H16N4O2/c1-7(2)15-9(16)6-14-11(17)8-4-3-5-13-10(8)12/h3-5,7H,6H2,1-2H3,(H2,12,13)(H,14,17)(H,15,16). The van der Waals surface area contributed by atoms with Crippen molar-refractivity contribution < 1.29 is 9.59 Å². The molecule has 0 fully saturated rings. The van der Waals surface area contributed by atoms with Crippen molar-refractivity contribution in [1.29, 1.82) is 0 Å². The molecule has 1 aromatic rings. The topological polar surface area (TPSA) is 97.1 Å². The predicted octanol–water partition coefficient (Wildman–Crippen LogP) is -0.0818. The first-order valence-corrected chi connectivity index (χ1v) is 5.28. The summed E-state index contributed by atoms with van der Waals surface area (Å²) in [5.74, 6) is -0.500. The van der Waals surface area contributed by atoms with E-state index in [0.29, 0.717) is 0 Å². The van der Waals surface area contributed by atoms with E-state index in [1.54, 1.807) is 12.1 Å². The number of aromatic nitrogens is 1. The van der Waals surface area contributed by atoms with Crippen molar-refractivity contribution in [3.63, 3.8) is 0 Å². The van der Waals surface area contributed by atoms with Gasteiger partial charge < -0.3 is 16.4 Å². The first-order chi connectivity index (χ1) is 8.00. The highest BCUT2D eigenvalue weighted by Gasteiger charge is 2.11. The Labute approximate surface area is 99.6 Å². The molecule has 0 aromatic carbocycles. The van der Waals surface area contributed by atoms with E-state index in [4.69, 9.17) is 5.73 Å². The first-order valence-electron chi connectivity index (χ1n) is 5.28. The SMILES string of the molecule is CC(C)NC(=O)CNC(=O)c1cccnc1N. The van der Waals surface area contributed by atoms with Crippen LogP contribution >= 0.6 is 0 Å². The highest BCUT2D eigenvalue weighted by Crippen LogP contribution is 2.05. The Morgan fingerprint density at radius 1 is 1.47 bits per heavy atom. The maximum Gasteiger partial charge on any atom is 0.255 e. The molecule has 0 aliphatic carbocycles. The highest BCUT2D eigenvalue weighted by molar-refractivity contribution is 5.99. The van der Waals surface area contributed by atoms with Gasteiger partial charge in [-0.1, -0.05) is 0 Å². The minimum Gasteiger partial charge on any atom is -0.383 e. The number of hydrogen-bond donors (Lipinski definition) is 3. The summed E-state index contributed by atoms with van der Waals surface area (Å²) in [4.78, 5) is 26.7. The molecule has 6 heteroatoms. The second-order valence-electron chi connectivity index (χ2n) is 3.84. The van der Waals surface area contributed by atoms with E-state index in [9.17, 15) is 9.59 Å². The van der Waals surface area contributed by atoms with Crippen molar-refractivity contribution in [2.75, 3.05) is 12.3 Å². The third kappa shape index (κ3) is 4.10. The van der Waals surface area contributed by atoms with Crippen LogP contribution in [-0.2, 0) is 4.79 Å². The van der Waals surface area contributed by atoms with Crippen molar-refractivity contribution in [2.45, 2.75) is 19.9 Å². The Kier molecular flexibility index (Phi) is 4.45. The smallest absolute Gasteiger partial charge is 0.255 e. The quantitative estimate of drug-likeness (QED) is 0.681. The van der Waals surface area contributed by atoms with Gasteiger partial charge in [0.15, 0.2) is 0 Å². The molecule has 0 saturated carbocycles. The Bertz CT molecular complexity index is 418. The van der Waals surface area contributed by atoms with E-state index in [1.807, 2.05) is 13.8 Å². The Hall–Kier alpha value is -2.11. The lowest BCUT2D eigenvalue weighted by Gasteiger charge is -2.09. The predicted molar refractivity (Wildman–Crippen MR) is 64.3 cm³/mol. The van der Waals surface area contributed by atoms with Crippen LogP contribution < -0.4 is 16.4 Å². The molecule has 92 valence electrons. The highest BCUT2D eigenvalue weighted by atomic mass is 16.2. The number of nitrogens with one attached hydrogen (secondary N) is 2. The van der Waals surface area contributed by atoms with Gasteiger partial charge in [-0.3, -0.25) is 9.59 Å². The van der Waals surface area contributed by atoms with Crippen LogP contribution in [0.4, 0.5) is 5.82 Å². The molecular weight excluding hydrogens is 220 g/mol. The van der Waals surface area contributed by atoms with Crippen LogP contribution in [0.1, 0.15) is 24.2 Å². The van der Waals surface area contributed by atoms with Crippen LogP contribution in [0, 0.1) is 0 Å². The largest absolute Gasteiger partial charge is 0.383 e. The number of nitrogens with zero attached hydrogens (tertiary/aromatic N) is 1. The lowest BCUT2D eigenvalue weighted by Crippen LogP contribution is -2.40. The molecule has 0 unspecified atom stereocenters. The fraction of sp³-hybridized carbons (Fsp3) is 0.364. The molecule has 0 aliphatic rings. The zero-order chi connectivity index (χ0) is 12.8. The summed E-state index contributed by atoms with van der Waals surface area (Å²) >= 11 is 0. The van der Waals surface area contributed by atoms with Crippen molar-refractivity contribution in [3.8, 4) is 0 Å². The number of amides is 2. The summed E-state index contributed by atoms with van der Waals surface area (Å²) < 4.78 is 0. The van der Waals surface area contributed by atoms with E-state index in [2.05, 4.69) is 15.6 Å². The van der Waals surface area contributed by atoms with E-state index in [1.165, 1.54) is 6.20 Å². The summed E-state index contributed by atoms with van der Waals surface area (Å²) in [6.07, 6.45) is 1.50. The van der Waals surface area contributed by atoms with E-state index >= 15 is 0 Å². The van der Waals surface area contributed by atoms with Crippen molar-refractivity contribution in [3.05, 3.63) is 23.9 Å².